The molecule has 8 nitrogen and oxygen atoms in total. The number of ether oxygens (including phenoxy) is 6. The lowest BCUT2D eigenvalue weighted by atomic mass is 9.98. The summed E-state index contributed by atoms with van der Waals surface area (Å²) in [5, 5.41) is 0. The maximum Gasteiger partial charge on any atom is 0.409 e. The first kappa shape index (κ1) is 29.1. The Balaban J connectivity index is 1.18. The highest BCUT2D eigenvalue weighted by Crippen LogP contribution is 2.44. The zero-order valence-electron chi connectivity index (χ0n) is 22.4. The van der Waals surface area contributed by atoms with E-state index in [0.29, 0.717) is 72.6 Å². The molecule has 0 heterocycles. The summed E-state index contributed by atoms with van der Waals surface area (Å²) in [5.74, 6) is 0.0546. The average molecular weight is 516 g/mol. The summed E-state index contributed by atoms with van der Waals surface area (Å²) in [6, 6.07) is 16.6. The number of carbonyl (C=O) groups excluding carboxylic acids is 1. The normalized spacial score (nSPS) is 12.5. The van der Waals surface area contributed by atoms with Gasteiger partial charge in [0.15, 0.2) is 0 Å². The maximum absolute atomic E-state index is 12.5. The highest BCUT2D eigenvalue weighted by Gasteiger charge is 2.29. The van der Waals surface area contributed by atoms with Gasteiger partial charge >= 0.3 is 6.09 Å². The van der Waals surface area contributed by atoms with Crippen molar-refractivity contribution in [2.45, 2.75) is 25.9 Å². The van der Waals surface area contributed by atoms with E-state index in [1.807, 2.05) is 38.1 Å². The third-order valence-corrected chi connectivity index (χ3v) is 6.01. The standard InChI is InChI=1S/C29H41NO7/c1-23(2)36-21-20-35-19-18-34-17-16-33-15-14-32-13-12-30(3)29(31)37-22-28-26-10-6-4-8-24(26)25-9-5-7-11-27(25)28/h4-11,23,28H,12-22H2,1-3H3. The van der Waals surface area contributed by atoms with Crippen molar-refractivity contribution in [3.05, 3.63) is 59.7 Å². The predicted octanol–water partition coefficient (Wildman–Crippen LogP) is 4.36. The van der Waals surface area contributed by atoms with Crippen LogP contribution in [0, 0.1) is 0 Å². The first-order chi connectivity index (χ1) is 18.1. The van der Waals surface area contributed by atoms with Crippen molar-refractivity contribution >= 4 is 6.09 Å². The van der Waals surface area contributed by atoms with Crippen LogP contribution < -0.4 is 0 Å². The van der Waals surface area contributed by atoms with Gasteiger partial charge in [0.1, 0.15) is 6.61 Å². The molecular formula is C29H41NO7. The fourth-order valence-corrected chi connectivity index (χ4v) is 4.10. The van der Waals surface area contributed by atoms with E-state index in [9.17, 15) is 4.79 Å². The molecule has 0 fully saturated rings. The molecule has 0 atom stereocenters. The maximum atomic E-state index is 12.5. The molecule has 0 bridgehead atoms. The molecule has 8 heteroatoms. The molecule has 0 saturated heterocycles. The number of carbonyl (C=O) groups is 1. The van der Waals surface area contributed by atoms with Crippen LogP contribution in [0.5, 0.6) is 0 Å². The molecule has 0 radical (unpaired) electrons. The molecule has 1 amide bonds. The summed E-state index contributed by atoms with van der Waals surface area (Å²) in [6.45, 7) is 9.36. The molecule has 0 saturated carbocycles. The molecule has 3 rings (SSSR count). The van der Waals surface area contributed by atoms with E-state index in [0.717, 1.165) is 0 Å². The van der Waals surface area contributed by atoms with Crippen molar-refractivity contribution in [2.24, 2.45) is 0 Å². The van der Waals surface area contributed by atoms with E-state index >= 15 is 0 Å². The average Bonchev–Trinajstić information content (AvgIpc) is 3.22. The molecule has 0 aliphatic heterocycles. The fraction of sp³-hybridized carbons (Fsp3) is 0.552. The summed E-state index contributed by atoms with van der Waals surface area (Å²) < 4.78 is 33.0. The summed E-state index contributed by atoms with van der Waals surface area (Å²) in [6.07, 6.45) is -0.126. The van der Waals surface area contributed by atoms with Crippen LogP contribution >= 0.6 is 0 Å². The SMILES string of the molecule is CC(C)OCCOCCOCCOCCOCCN(C)C(=O)OCC1c2ccccc2-c2ccccc21. The molecule has 37 heavy (non-hydrogen) atoms. The molecule has 204 valence electrons. The van der Waals surface area contributed by atoms with E-state index < -0.39 is 0 Å². The Morgan fingerprint density at radius 3 is 1.70 bits per heavy atom. The van der Waals surface area contributed by atoms with Crippen molar-refractivity contribution in [3.8, 4) is 11.1 Å². The highest BCUT2D eigenvalue weighted by molar-refractivity contribution is 5.79. The van der Waals surface area contributed by atoms with Crippen LogP contribution in [0.2, 0.25) is 0 Å². The Labute approximate surface area is 220 Å². The largest absolute Gasteiger partial charge is 0.448 e. The summed E-state index contributed by atoms with van der Waals surface area (Å²) >= 11 is 0. The third-order valence-electron chi connectivity index (χ3n) is 6.01. The molecular weight excluding hydrogens is 474 g/mol. The van der Waals surface area contributed by atoms with Gasteiger partial charge in [0.2, 0.25) is 0 Å². The van der Waals surface area contributed by atoms with Crippen molar-refractivity contribution in [2.75, 3.05) is 79.7 Å². The number of hydrogen-bond acceptors (Lipinski definition) is 7. The second-order valence-electron chi connectivity index (χ2n) is 9.09. The van der Waals surface area contributed by atoms with Gasteiger partial charge in [0, 0.05) is 19.5 Å². The Kier molecular flexibility index (Phi) is 12.9. The zero-order chi connectivity index (χ0) is 26.3. The molecule has 1 aliphatic rings. The van der Waals surface area contributed by atoms with Gasteiger partial charge in [-0.2, -0.15) is 0 Å². The third kappa shape index (κ3) is 9.72. The van der Waals surface area contributed by atoms with Gasteiger partial charge < -0.3 is 33.3 Å². The van der Waals surface area contributed by atoms with Gasteiger partial charge in [-0.15, -0.1) is 0 Å². The Morgan fingerprint density at radius 2 is 1.19 bits per heavy atom. The number of likely N-dealkylation sites (N-methyl/N-ethyl adjacent to an activating group) is 1. The molecule has 0 aromatic heterocycles. The van der Waals surface area contributed by atoms with Crippen LogP contribution in [0.4, 0.5) is 4.79 Å². The predicted molar refractivity (Wildman–Crippen MR) is 142 cm³/mol. The smallest absolute Gasteiger partial charge is 0.409 e. The van der Waals surface area contributed by atoms with E-state index in [-0.39, 0.29) is 18.1 Å². The molecule has 2 aromatic carbocycles. The Hall–Kier alpha value is -2.49. The number of nitrogens with zero attached hydrogens (tertiary/aromatic N) is 1. The van der Waals surface area contributed by atoms with Crippen LogP contribution in [-0.4, -0.2) is 96.8 Å². The number of benzene rings is 2. The van der Waals surface area contributed by atoms with Crippen LogP contribution in [0.1, 0.15) is 30.9 Å². The molecule has 0 spiro atoms. The van der Waals surface area contributed by atoms with Crippen molar-refractivity contribution in [1.29, 1.82) is 0 Å². The first-order valence-electron chi connectivity index (χ1n) is 13.1. The second kappa shape index (κ2) is 16.4. The van der Waals surface area contributed by atoms with Gasteiger partial charge in [-0.05, 0) is 36.1 Å². The highest BCUT2D eigenvalue weighted by atomic mass is 16.6. The second-order valence-corrected chi connectivity index (χ2v) is 9.09. The lowest BCUT2D eigenvalue weighted by molar-refractivity contribution is -0.0181. The Bertz CT molecular complexity index is 890. The van der Waals surface area contributed by atoms with Gasteiger partial charge in [-0.1, -0.05) is 48.5 Å². The zero-order valence-corrected chi connectivity index (χ0v) is 22.4. The van der Waals surface area contributed by atoms with Gasteiger partial charge in [-0.3, -0.25) is 0 Å². The van der Waals surface area contributed by atoms with Crippen LogP contribution in [-0.2, 0) is 28.4 Å². The van der Waals surface area contributed by atoms with E-state index in [1.165, 1.54) is 22.3 Å². The summed E-state index contributed by atoms with van der Waals surface area (Å²) in [4.78, 5) is 14.1. The fourth-order valence-electron chi connectivity index (χ4n) is 4.10. The van der Waals surface area contributed by atoms with Gasteiger partial charge in [0.25, 0.3) is 0 Å². The minimum absolute atomic E-state index is 0.0546. The van der Waals surface area contributed by atoms with Crippen LogP contribution in [0.3, 0.4) is 0 Å². The van der Waals surface area contributed by atoms with Crippen molar-refractivity contribution in [1.82, 2.24) is 4.90 Å². The van der Waals surface area contributed by atoms with Crippen molar-refractivity contribution < 1.29 is 33.2 Å². The number of rotatable bonds is 18. The van der Waals surface area contributed by atoms with Crippen LogP contribution in [0.25, 0.3) is 11.1 Å². The number of hydrogen-bond donors (Lipinski definition) is 0. The molecule has 0 unspecified atom stereocenters. The van der Waals surface area contributed by atoms with E-state index in [1.54, 1.807) is 11.9 Å². The van der Waals surface area contributed by atoms with Gasteiger partial charge in [-0.25, -0.2) is 4.79 Å². The van der Waals surface area contributed by atoms with Gasteiger partial charge in [0.05, 0.1) is 65.6 Å². The Morgan fingerprint density at radius 1 is 0.730 bits per heavy atom. The van der Waals surface area contributed by atoms with E-state index in [4.69, 9.17) is 28.4 Å². The minimum Gasteiger partial charge on any atom is -0.448 e. The monoisotopic (exact) mass is 515 g/mol. The summed E-state index contributed by atoms with van der Waals surface area (Å²) in [5.41, 5.74) is 4.83. The van der Waals surface area contributed by atoms with Crippen LogP contribution in [0.15, 0.2) is 48.5 Å². The summed E-state index contributed by atoms with van der Waals surface area (Å²) in [7, 11) is 1.72. The quantitative estimate of drug-likeness (QED) is 0.273. The van der Waals surface area contributed by atoms with Crippen molar-refractivity contribution in [3.63, 3.8) is 0 Å². The minimum atomic E-state index is -0.352. The topological polar surface area (TPSA) is 75.7 Å². The lowest BCUT2D eigenvalue weighted by Crippen LogP contribution is -2.32. The molecule has 2 aromatic rings. The number of amides is 1. The number of fused-ring (bicyclic) bond motifs is 3. The molecule has 1 aliphatic carbocycles. The first-order valence-corrected chi connectivity index (χ1v) is 13.1. The molecule has 0 N–H and O–H groups in total. The lowest BCUT2D eigenvalue weighted by Gasteiger charge is -2.19. The van der Waals surface area contributed by atoms with E-state index in [2.05, 4.69) is 24.3 Å².